The summed E-state index contributed by atoms with van der Waals surface area (Å²) >= 11 is 0. The molecule has 0 bridgehead atoms. The van der Waals surface area contributed by atoms with E-state index in [9.17, 15) is 14.0 Å². The number of hydrogen-bond acceptors (Lipinski definition) is 3. The molecule has 0 aliphatic heterocycles. The molecule has 1 atom stereocenters. The van der Waals surface area contributed by atoms with Gasteiger partial charge in [-0.2, -0.15) is 0 Å². The summed E-state index contributed by atoms with van der Waals surface area (Å²) < 4.78 is 17.8. The summed E-state index contributed by atoms with van der Waals surface area (Å²) in [5.41, 5.74) is 2.83. The second kappa shape index (κ2) is 9.67. The van der Waals surface area contributed by atoms with E-state index >= 15 is 0 Å². The number of esters is 1. The topological polar surface area (TPSA) is 46.6 Å². The number of carbonyl (C=O) groups is 2. The van der Waals surface area contributed by atoms with Crippen LogP contribution in [0.25, 0.3) is 6.08 Å². The number of aryl methyl sites for hydroxylation is 1. The van der Waals surface area contributed by atoms with Crippen molar-refractivity contribution in [3.05, 3.63) is 77.1 Å². The van der Waals surface area contributed by atoms with Crippen molar-refractivity contribution in [3.63, 3.8) is 0 Å². The number of amides is 1. The summed E-state index contributed by atoms with van der Waals surface area (Å²) in [7, 11) is 1.33. The minimum atomic E-state index is -0.441. The van der Waals surface area contributed by atoms with Gasteiger partial charge in [0.1, 0.15) is 5.82 Å². The predicted octanol–water partition coefficient (Wildman–Crippen LogP) is 3.99. The Morgan fingerprint density at radius 2 is 1.74 bits per heavy atom. The first-order chi connectivity index (χ1) is 12.9. The van der Waals surface area contributed by atoms with E-state index in [-0.39, 0.29) is 24.2 Å². The number of benzene rings is 2. The number of hydrogen-bond donors (Lipinski definition) is 0. The van der Waals surface area contributed by atoms with E-state index in [1.54, 1.807) is 30.0 Å². The van der Waals surface area contributed by atoms with Crippen LogP contribution in [0.2, 0.25) is 0 Å². The van der Waals surface area contributed by atoms with Crippen molar-refractivity contribution in [2.75, 3.05) is 13.7 Å². The number of halogens is 1. The highest BCUT2D eigenvalue weighted by atomic mass is 19.1. The van der Waals surface area contributed by atoms with Crippen molar-refractivity contribution in [1.82, 2.24) is 4.90 Å². The molecule has 4 nitrogen and oxygen atoms in total. The van der Waals surface area contributed by atoms with Crippen molar-refractivity contribution in [2.45, 2.75) is 20.4 Å². The van der Waals surface area contributed by atoms with Gasteiger partial charge in [-0.15, -0.1) is 0 Å². The summed E-state index contributed by atoms with van der Waals surface area (Å²) in [6.45, 7) is 4.35. The van der Waals surface area contributed by atoms with E-state index in [1.165, 1.54) is 25.3 Å². The van der Waals surface area contributed by atoms with Gasteiger partial charge in [0, 0.05) is 19.2 Å². The van der Waals surface area contributed by atoms with Crippen molar-refractivity contribution in [1.29, 1.82) is 0 Å². The SMILES string of the molecule is COC(=O)C(C)CN(Cc1ccc(C)cc1)C(=O)/C=C/c1ccc(F)cc1. The highest BCUT2D eigenvalue weighted by Crippen LogP contribution is 2.12. The highest BCUT2D eigenvalue weighted by molar-refractivity contribution is 5.92. The van der Waals surface area contributed by atoms with Gasteiger partial charge >= 0.3 is 5.97 Å². The Morgan fingerprint density at radius 3 is 2.33 bits per heavy atom. The molecular formula is C22H24FNO3. The summed E-state index contributed by atoms with van der Waals surface area (Å²) in [4.78, 5) is 26.1. The van der Waals surface area contributed by atoms with Gasteiger partial charge in [0.15, 0.2) is 0 Å². The molecule has 0 spiro atoms. The zero-order valence-corrected chi connectivity index (χ0v) is 15.8. The molecule has 0 radical (unpaired) electrons. The van der Waals surface area contributed by atoms with E-state index < -0.39 is 5.92 Å². The summed E-state index contributed by atoms with van der Waals surface area (Å²) in [5.74, 6) is -1.36. The van der Waals surface area contributed by atoms with Crippen LogP contribution in [0.15, 0.2) is 54.6 Å². The van der Waals surface area contributed by atoms with Crippen LogP contribution in [0.4, 0.5) is 4.39 Å². The lowest BCUT2D eigenvalue weighted by atomic mass is 10.1. The minimum absolute atomic E-state index is 0.226. The van der Waals surface area contributed by atoms with Crippen LogP contribution < -0.4 is 0 Å². The number of ether oxygens (including phenoxy) is 1. The molecule has 1 amide bonds. The largest absolute Gasteiger partial charge is 0.469 e. The summed E-state index contributed by atoms with van der Waals surface area (Å²) in [6.07, 6.45) is 3.07. The number of rotatable bonds is 7. The Kier molecular flexibility index (Phi) is 7.29. The van der Waals surface area contributed by atoms with Gasteiger partial charge in [0.2, 0.25) is 5.91 Å². The predicted molar refractivity (Wildman–Crippen MR) is 103 cm³/mol. The first-order valence-electron chi connectivity index (χ1n) is 8.75. The number of nitrogens with zero attached hydrogens (tertiary/aromatic N) is 1. The lowest BCUT2D eigenvalue weighted by Crippen LogP contribution is -2.35. The lowest BCUT2D eigenvalue weighted by Gasteiger charge is -2.24. The van der Waals surface area contributed by atoms with Crippen molar-refractivity contribution in [3.8, 4) is 0 Å². The summed E-state index contributed by atoms with van der Waals surface area (Å²) in [6, 6.07) is 13.8. The molecule has 2 rings (SSSR count). The third-order valence-corrected chi connectivity index (χ3v) is 4.19. The lowest BCUT2D eigenvalue weighted by molar-refractivity contribution is -0.146. The quantitative estimate of drug-likeness (QED) is 0.548. The second-order valence-corrected chi connectivity index (χ2v) is 6.51. The average molecular weight is 369 g/mol. The Hall–Kier alpha value is -2.95. The van der Waals surface area contributed by atoms with Crippen LogP contribution in [0, 0.1) is 18.7 Å². The molecule has 0 saturated carbocycles. The van der Waals surface area contributed by atoms with Crippen molar-refractivity contribution >= 4 is 18.0 Å². The van der Waals surface area contributed by atoms with Gasteiger partial charge in [-0.3, -0.25) is 9.59 Å². The Balaban J connectivity index is 2.15. The monoisotopic (exact) mass is 369 g/mol. The Morgan fingerprint density at radius 1 is 1.11 bits per heavy atom. The van der Waals surface area contributed by atoms with Gasteiger partial charge < -0.3 is 9.64 Å². The standard InChI is InChI=1S/C22H24FNO3/c1-16-4-6-19(7-5-16)15-24(14-17(2)22(26)27-3)21(25)13-10-18-8-11-20(23)12-9-18/h4-13,17H,14-15H2,1-3H3/b13-10+. The average Bonchev–Trinajstić information content (AvgIpc) is 2.67. The van der Waals surface area contributed by atoms with E-state index in [2.05, 4.69) is 0 Å². The van der Waals surface area contributed by atoms with Crippen molar-refractivity contribution in [2.24, 2.45) is 5.92 Å². The number of methoxy groups -OCH3 is 1. The highest BCUT2D eigenvalue weighted by Gasteiger charge is 2.20. The minimum Gasteiger partial charge on any atom is -0.469 e. The molecule has 27 heavy (non-hydrogen) atoms. The molecule has 0 aliphatic rings. The van der Waals surface area contributed by atoms with Gasteiger partial charge in [-0.25, -0.2) is 4.39 Å². The van der Waals surface area contributed by atoms with Crippen LogP contribution in [-0.4, -0.2) is 30.4 Å². The molecule has 5 heteroatoms. The first-order valence-corrected chi connectivity index (χ1v) is 8.75. The van der Waals surface area contributed by atoms with Gasteiger partial charge in [0.05, 0.1) is 13.0 Å². The molecule has 2 aromatic carbocycles. The Bertz CT molecular complexity index is 797. The number of carbonyl (C=O) groups excluding carboxylic acids is 2. The van der Waals surface area contributed by atoms with Gasteiger partial charge in [-0.05, 0) is 36.3 Å². The maximum absolute atomic E-state index is 13.0. The van der Waals surface area contributed by atoms with E-state index in [4.69, 9.17) is 4.74 Å². The third kappa shape index (κ3) is 6.37. The molecule has 0 aromatic heterocycles. The zero-order chi connectivity index (χ0) is 19.8. The molecule has 0 N–H and O–H groups in total. The fourth-order valence-corrected chi connectivity index (χ4v) is 2.60. The normalized spacial score (nSPS) is 12.0. The van der Waals surface area contributed by atoms with Crippen LogP contribution in [0.1, 0.15) is 23.6 Å². The molecule has 0 saturated heterocycles. The zero-order valence-electron chi connectivity index (χ0n) is 15.8. The van der Waals surface area contributed by atoms with Crippen LogP contribution >= 0.6 is 0 Å². The second-order valence-electron chi connectivity index (χ2n) is 6.51. The molecule has 0 fully saturated rings. The molecule has 1 unspecified atom stereocenters. The van der Waals surface area contributed by atoms with E-state index in [1.807, 2.05) is 31.2 Å². The smallest absolute Gasteiger partial charge is 0.310 e. The summed E-state index contributed by atoms with van der Waals surface area (Å²) in [5, 5.41) is 0. The van der Waals surface area contributed by atoms with E-state index in [0.717, 1.165) is 16.7 Å². The maximum atomic E-state index is 13.0. The molecular weight excluding hydrogens is 345 g/mol. The fraction of sp³-hybridized carbons (Fsp3) is 0.273. The molecule has 0 aliphatic carbocycles. The molecule has 142 valence electrons. The third-order valence-electron chi connectivity index (χ3n) is 4.19. The van der Waals surface area contributed by atoms with Crippen LogP contribution in [0.3, 0.4) is 0 Å². The van der Waals surface area contributed by atoms with Crippen molar-refractivity contribution < 1.29 is 18.7 Å². The van der Waals surface area contributed by atoms with Gasteiger partial charge in [-0.1, -0.05) is 48.9 Å². The molecule has 2 aromatic rings. The Labute approximate surface area is 159 Å². The maximum Gasteiger partial charge on any atom is 0.310 e. The van der Waals surface area contributed by atoms with Crippen LogP contribution in [-0.2, 0) is 20.9 Å². The molecule has 0 heterocycles. The van der Waals surface area contributed by atoms with Gasteiger partial charge in [0.25, 0.3) is 0 Å². The van der Waals surface area contributed by atoms with Crippen LogP contribution in [0.5, 0.6) is 0 Å². The van der Waals surface area contributed by atoms with E-state index in [0.29, 0.717) is 6.54 Å². The first kappa shape index (κ1) is 20.4. The fourth-order valence-electron chi connectivity index (χ4n) is 2.60.